The lowest BCUT2D eigenvalue weighted by Gasteiger charge is -2.37. The fraction of sp³-hybridized carbons (Fsp3) is 0.576. The van der Waals surface area contributed by atoms with Crippen molar-refractivity contribution in [2.75, 3.05) is 50.9 Å². The van der Waals surface area contributed by atoms with E-state index >= 15 is 0 Å². The minimum Gasteiger partial charge on any atom is -0.495 e. The largest absolute Gasteiger partial charge is 0.495 e. The van der Waals surface area contributed by atoms with Gasteiger partial charge in [0.15, 0.2) is 0 Å². The third-order valence-corrected chi connectivity index (χ3v) is 10.7. The van der Waals surface area contributed by atoms with Crippen LogP contribution >= 0.6 is 0 Å². The lowest BCUT2D eigenvalue weighted by Crippen LogP contribution is -2.45. The van der Waals surface area contributed by atoms with E-state index in [4.69, 9.17) is 14.2 Å². The molecule has 1 aliphatic carbocycles. The molecule has 2 aromatic rings. The van der Waals surface area contributed by atoms with Gasteiger partial charge in [-0.2, -0.15) is 0 Å². The van der Waals surface area contributed by atoms with Crippen molar-refractivity contribution in [2.24, 2.45) is 5.92 Å². The molecule has 44 heavy (non-hydrogen) atoms. The third-order valence-electron chi connectivity index (χ3n) is 8.96. The van der Waals surface area contributed by atoms with Crippen LogP contribution in [0.4, 0.5) is 5.69 Å². The molecule has 2 fully saturated rings. The van der Waals surface area contributed by atoms with Crippen LogP contribution in [0, 0.1) is 5.92 Å². The first-order valence-corrected chi connectivity index (χ1v) is 17.0. The first-order chi connectivity index (χ1) is 20.9. The number of hydrogen-bond acceptors (Lipinski definition) is 8. The van der Waals surface area contributed by atoms with Crippen molar-refractivity contribution in [3.8, 4) is 11.5 Å². The maximum atomic E-state index is 14.5. The van der Waals surface area contributed by atoms with Crippen LogP contribution in [0.1, 0.15) is 75.7 Å². The minimum atomic E-state index is -4.39. The number of nitrogens with one attached hydrogen (secondary N) is 1. The third kappa shape index (κ3) is 6.32. The molecule has 0 bridgehead atoms. The van der Waals surface area contributed by atoms with Gasteiger partial charge >= 0.3 is 0 Å². The van der Waals surface area contributed by atoms with Gasteiger partial charge in [-0.25, -0.2) is 12.7 Å². The van der Waals surface area contributed by atoms with Crippen molar-refractivity contribution in [1.29, 1.82) is 0 Å². The highest BCUT2D eigenvalue weighted by Gasteiger charge is 2.56. The second-order valence-corrected chi connectivity index (χ2v) is 14.8. The van der Waals surface area contributed by atoms with E-state index in [0.717, 1.165) is 56.4 Å². The first kappa shape index (κ1) is 32.2. The highest BCUT2D eigenvalue weighted by Crippen LogP contribution is 2.54. The van der Waals surface area contributed by atoms with E-state index in [-0.39, 0.29) is 22.1 Å². The first-order valence-electron chi connectivity index (χ1n) is 15.6. The number of hydrogen-bond donors (Lipinski definition) is 1. The predicted octanol–water partition coefficient (Wildman–Crippen LogP) is 4.51. The summed E-state index contributed by atoms with van der Waals surface area (Å²) in [5.74, 6) is 0.283. The molecule has 3 aliphatic rings. The Morgan fingerprint density at radius 3 is 2.43 bits per heavy atom. The Morgan fingerprint density at radius 1 is 1.09 bits per heavy atom. The van der Waals surface area contributed by atoms with Crippen LogP contribution in [-0.4, -0.2) is 77.2 Å². The molecule has 5 rings (SSSR count). The van der Waals surface area contributed by atoms with Gasteiger partial charge in [0.2, 0.25) is 0 Å². The zero-order valence-electron chi connectivity index (χ0n) is 26.5. The Morgan fingerprint density at radius 2 is 1.80 bits per heavy atom. The molecule has 2 amide bonds. The average molecular weight is 628 g/mol. The van der Waals surface area contributed by atoms with Gasteiger partial charge < -0.3 is 19.5 Å². The van der Waals surface area contributed by atoms with Gasteiger partial charge in [-0.15, -0.1) is 0 Å². The molecule has 1 saturated heterocycles. The second kappa shape index (κ2) is 12.7. The normalized spacial score (nSPS) is 22.6. The Labute approximate surface area is 261 Å². The molecule has 0 radical (unpaired) electrons. The number of carbonyl (C=O) groups excluding carboxylic acids is 2. The zero-order chi connectivity index (χ0) is 31.7. The summed E-state index contributed by atoms with van der Waals surface area (Å²) in [6, 6.07) is 9.43. The van der Waals surface area contributed by atoms with Crippen molar-refractivity contribution in [2.45, 2.75) is 75.6 Å². The van der Waals surface area contributed by atoms with Crippen molar-refractivity contribution < 1.29 is 32.2 Å². The molecule has 240 valence electrons. The van der Waals surface area contributed by atoms with Crippen molar-refractivity contribution in [1.82, 2.24) is 10.2 Å². The summed E-state index contributed by atoms with van der Waals surface area (Å²) >= 11 is 0. The minimum absolute atomic E-state index is 0.000355. The summed E-state index contributed by atoms with van der Waals surface area (Å²) in [4.78, 5) is 29.5. The Hall–Kier alpha value is -3.15. The lowest BCUT2D eigenvalue weighted by atomic mass is 9.66. The van der Waals surface area contributed by atoms with Crippen LogP contribution in [0.3, 0.4) is 0 Å². The quantitative estimate of drug-likeness (QED) is 0.432. The fourth-order valence-corrected chi connectivity index (χ4v) is 8.30. The van der Waals surface area contributed by atoms with Crippen LogP contribution in [0.25, 0.3) is 0 Å². The standard InChI is InChI=1S/C33H45N3O7S/c1-6-43-25-8-9-27-26(22-25)33(14-11-23(12-15-33)13-16-35-17-19-42-20-18-35)31(38)36(27)44(39,40)29-10-7-24(21-28(29)41-5)30(37)34-32(2,3)4/h7-10,21-23H,6,11-20H2,1-5H3,(H,34,37)/t23-,33+. The number of morpholine rings is 1. The highest BCUT2D eigenvalue weighted by atomic mass is 32.2. The molecule has 1 saturated carbocycles. The van der Waals surface area contributed by atoms with Crippen LogP contribution < -0.4 is 19.1 Å². The van der Waals surface area contributed by atoms with Crippen molar-refractivity contribution >= 4 is 27.5 Å². The van der Waals surface area contributed by atoms with Crippen molar-refractivity contribution in [3.05, 3.63) is 47.5 Å². The number of methoxy groups -OCH3 is 1. The van der Waals surface area contributed by atoms with Crippen molar-refractivity contribution in [3.63, 3.8) is 0 Å². The van der Waals surface area contributed by atoms with Crippen LogP contribution in [0.2, 0.25) is 0 Å². The number of anilines is 1. The van der Waals surface area contributed by atoms with E-state index in [0.29, 0.717) is 42.4 Å². The van der Waals surface area contributed by atoms with E-state index in [2.05, 4.69) is 10.2 Å². The number of nitrogens with zero attached hydrogens (tertiary/aromatic N) is 2. The Bertz CT molecular complexity index is 1490. The molecular weight excluding hydrogens is 582 g/mol. The molecule has 2 aliphatic heterocycles. The van der Waals surface area contributed by atoms with Gasteiger partial charge in [-0.3, -0.25) is 14.5 Å². The number of fused-ring (bicyclic) bond motifs is 2. The van der Waals surface area contributed by atoms with Gasteiger partial charge in [0.25, 0.3) is 21.8 Å². The molecule has 0 aromatic heterocycles. The van der Waals surface area contributed by atoms with Gasteiger partial charge in [0.05, 0.1) is 38.0 Å². The monoisotopic (exact) mass is 627 g/mol. The molecule has 0 atom stereocenters. The number of rotatable bonds is 9. The van der Waals surface area contributed by atoms with Gasteiger partial charge in [-0.05, 0) is 114 Å². The summed E-state index contributed by atoms with van der Waals surface area (Å²) in [7, 11) is -3.04. The van der Waals surface area contributed by atoms with E-state index < -0.39 is 26.9 Å². The number of sulfonamides is 1. The number of carbonyl (C=O) groups is 2. The lowest BCUT2D eigenvalue weighted by molar-refractivity contribution is -0.123. The predicted molar refractivity (Wildman–Crippen MR) is 168 cm³/mol. The summed E-state index contributed by atoms with van der Waals surface area (Å²) in [5.41, 5.74) is -0.121. The highest BCUT2D eigenvalue weighted by molar-refractivity contribution is 7.93. The second-order valence-electron chi connectivity index (χ2n) is 13.0. The van der Waals surface area contributed by atoms with E-state index in [1.54, 1.807) is 12.1 Å². The molecule has 1 spiro atoms. The molecule has 0 unspecified atom stereocenters. The zero-order valence-corrected chi connectivity index (χ0v) is 27.3. The van der Waals surface area contributed by atoms with Gasteiger partial charge in [0, 0.05) is 24.2 Å². The number of benzene rings is 2. The van der Waals surface area contributed by atoms with E-state index in [9.17, 15) is 18.0 Å². The molecule has 2 heterocycles. The van der Waals surface area contributed by atoms with Gasteiger partial charge in [0.1, 0.15) is 16.4 Å². The summed E-state index contributed by atoms with van der Waals surface area (Å²) < 4.78 is 46.4. The molecule has 1 N–H and O–H groups in total. The van der Waals surface area contributed by atoms with Crippen LogP contribution in [-0.2, 0) is 25.0 Å². The topological polar surface area (TPSA) is 114 Å². The van der Waals surface area contributed by atoms with E-state index in [1.165, 1.54) is 25.3 Å². The SMILES string of the molecule is CCOc1ccc2c(c1)[C@]1(CC[C@H](CCN3CCOCC3)CC1)C(=O)N2S(=O)(=O)c1ccc(C(=O)NC(C)(C)C)cc1OC. The summed E-state index contributed by atoms with van der Waals surface area (Å²) in [6.45, 7) is 12.4. The molecule has 2 aromatic carbocycles. The maximum Gasteiger partial charge on any atom is 0.274 e. The van der Waals surface area contributed by atoms with Gasteiger partial charge in [-0.1, -0.05) is 0 Å². The Balaban J connectivity index is 1.45. The molecular formula is C33H45N3O7S. The molecule has 11 heteroatoms. The number of amides is 2. The van der Waals surface area contributed by atoms with Crippen LogP contribution in [0.5, 0.6) is 11.5 Å². The van der Waals surface area contributed by atoms with E-state index in [1.807, 2.05) is 33.8 Å². The Kier molecular flexibility index (Phi) is 9.30. The summed E-state index contributed by atoms with van der Waals surface area (Å²) in [5, 5.41) is 2.88. The summed E-state index contributed by atoms with van der Waals surface area (Å²) in [6.07, 6.45) is 3.85. The van der Waals surface area contributed by atoms with Crippen LogP contribution in [0.15, 0.2) is 41.3 Å². The fourth-order valence-electron chi connectivity index (χ4n) is 6.65. The average Bonchev–Trinajstić information content (AvgIpc) is 3.23. The smallest absolute Gasteiger partial charge is 0.274 e. The maximum absolute atomic E-state index is 14.5. The molecule has 10 nitrogen and oxygen atoms in total. The number of ether oxygens (including phenoxy) is 3.